The fourth-order valence-electron chi connectivity index (χ4n) is 3.46. The third-order valence-corrected chi connectivity index (χ3v) is 7.07. The molecule has 10 heteroatoms. The standard InChI is InChI=1S/C27H30N4O5S/c1-5-36-23-10-12-24(13-11-23)37(34,35)26-15-18(2)9-14-25(26)28-17-27(33)31-30-19(3)21-7-6-8-22(16-21)29-20(4)32/h6-16,28H,5,17H2,1-4H3,(H,29,32)(H,31,33)/b30-19-. The number of sulfone groups is 1. The Morgan fingerprint density at radius 3 is 2.38 bits per heavy atom. The number of rotatable bonds is 10. The van der Waals surface area contributed by atoms with Crippen molar-refractivity contribution >= 4 is 38.7 Å². The molecular formula is C27H30N4O5S. The molecule has 3 N–H and O–H groups in total. The summed E-state index contributed by atoms with van der Waals surface area (Å²) < 4.78 is 32.1. The Kier molecular flexibility index (Phi) is 9.02. The van der Waals surface area contributed by atoms with Crippen molar-refractivity contribution in [3.63, 3.8) is 0 Å². The van der Waals surface area contributed by atoms with E-state index in [-0.39, 0.29) is 22.2 Å². The van der Waals surface area contributed by atoms with Crippen molar-refractivity contribution in [1.82, 2.24) is 5.43 Å². The number of benzene rings is 3. The van der Waals surface area contributed by atoms with Crippen LogP contribution in [0.5, 0.6) is 5.75 Å². The van der Waals surface area contributed by atoms with Crippen LogP contribution in [0.4, 0.5) is 11.4 Å². The average molecular weight is 523 g/mol. The maximum absolute atomic E-state index is 13.4. The Balaban J connectivity index is 1.72. The van der Waals surface area contributed by atoms with Crippen LogP contribution in [0.25, 0.3) is 0 Å². The zero-order valence-electron chi connectivity index (χ0n) is 21.2. The van der Waals surface area contributed by atoms with E-state index in [0.717, 1.165) is 11.1 Å². The Hall–Kier alpha value is -4.18. The van der Waals surface area contributed by atoms with Gasteiger partial charge in [-0.1, -0.05) is 18.2 Å². The molecule has 0 spiro atoms. The molecule has 2 amide bonds. The van der Waals surface area contributed by atoms with Crippen molar-refractivity contribution < 1.29 is 22.7 Å². The third kappa shape index (κ3) is 7.40. The molecule has 0 heterocycles. The highest BCUT2D eigenvalue weighted by molar-refractivity contribution is 7.91. The van der Waals surface area contributed by atoms with E-state index in [1.54, 1.807) is 68.4 Å². The summed E-state index contributed by atoms with van der Waals surface area (Å²) in [5.74, 6) is -0.0631. The van der Waals surface area contributed by atoms with E-state index in [1.165, 1.54) is 19.1 Å². The van der Waals surface area contributed by atoms with Gasteiger partial charge in [-0.2, -0.15) is 5.10 Å². The van der Waals surface area contributed by atoms with Gasteiger partial charge < -0.3 is 15.4 Å². The molecular weight excluding hydrogens is 492 g/mol. The molecule has 3 aromatic rings. The Labute approximate surface area is 216 Å². The van der Waals surface area contributed by atoms with Crippen molar-refractivity contribution in [2.24, 2.45) is 5.10 Å². The first-order valence-corrected chi connectivity index (χ1v) is 13.1. The van der Waals surface area contributed by atoms with Gasteiger partial charge in [0.2, 0.25) is 15.7 Å². The number of nitrogens with zero attached hydrogens (tertiary/aromatic N) is 1. The Bertz CT molecular complexity index is 1420. The average Bonchev–Trinajstić information content (AvgIpc) is 2.86. The van der Waals surface area contributed by atoms with Gasteiger partial charge in [0.15, 0.2) is 0 Å². The van der Waals surface area contributed by atoms with Crippen LogP contribution in [0.3, 0.4) is 0 Å². The van der Waals surface area contributed by atoms with Crippen LogP contribution >= 0.6 is 0 Å². The van der Waals surface area contributed by atoms with Crippen LogP contribution in [0.15, 0.2) is 81.6 Å². The first-order valence-electron chi connectivity index (χ1n) is 11.6. The van der Waals surface area contributed by atoms with Crippen LogP contribution in [0, 0.1) is 6.92 Å². The molecule has 0 unspecified atom stereocenters. The van der Waals surface area contributed by atoms with Crippen molar-refractivity contribution in [3.8, 4) is 5.75 Å². The number of aryl methyl sites for hydroxylation is 1. The number of anilines is 2. The van der Waals surface area contributed by atoms with Crippen LogP contribution in [0.2, 0.25) is 0 Å². The topological polar surface area (TPSA) is 126 Å². The summed E-state index contributed by atoms with van der Waals surface area (Å²) >= 11 is 0. The second-order valence-electron chi connectivity index (χ2n) is 8.26. The first-order chi connectivity index (χ1) is 17.6. The fourth-order valence-corrected chi connectivity index (χ4v) is 4.98. The maximum Gasteiger partial charge on any atom is 0.259 e. The zero-order chi connectivity index (χ0) is 27.0. The molecule has 194 valence electrons. The minimum absolute atomic E-state index is 0.0685. The smallest absolute Gasteiger partial charge is 0.259 e. The Morgan fingerprint density at radius 1 is 0.973 bits per heavy atom. The first kappa shape index (κ1) is 27.4. The molecule has 0 bridgehead atoms. The number of hydrazone groups is 1. The van der Waals surface area contributed by atoms with Gasteiger partial charge in [-0.05, 0) is 80.4 Å². The molecule has 9 nitrogen and oxygen atoms in total. The molecule has 0 radical (unpaired) electrons. The fraction of sp³-hybridized carbons (Fsp3) is 0.222. The molecule has 0 fully saturated rings. The van der Waals surface area contributed by atoms with Gasteiger partial charge in [0.1, 0.15) is 5.75 Å². The second-order valence-corrected chi connectivity index (χ2v) is 10.2. The monoisotopic (exact) mass is 522 g/mol. The summed E-state index contributed by atoms with van der Waals surface area (Å²) in [5.41, 5.74) is 5.42. The number of carbonyl (C=O) groups is 2. The molecule has 37 heavy (non-hydrogen) atoms. The van der Waals surface area contributed by atoms with E-state index in [4.69, 9.17) is 4.74 Å². The number of hydrogen-bond acceptors (Lipinski definition) is 7. The molecule has 0 aliphatic heterocycles. The van der Waals surface area contributed by atoms with E-state index in [0.29, 0.717) is 29.4 Å². The summed E-state index contributed by atoms with van der Waals surface area (Å²) in [5, 5.41) is 9.72. The van der Waals surface area contributed by atoms with Crippen molar-refractivity contribution in [3.05, 3.63) is 77.9 Å². The summed E-state index contributed by atoms with van der Waals surface area (Å²) in [6.07, 6.45) is 0. The Morgan fingerprint density at radius 2 is 1.70 bits per heavy atom. The molecule has 0 saturated heterocycles. The number of amides is 2. The van der Waals surface area contributed by atoms with E-state index in [1.807, 2.05) is 6.92 Å². The third-order valence-electron chi connectivity index (χ3n) is 5.26. The lowest BCUT2D eigenvalue weighted by atomic mass is 10.1. The molecule has 3 rings (SSSR count). The predicted octanol–water partition coefficient (Wildman–Crippen LogP) is 4.14. The van der Waals surface area contributed by atoms with E-state index >= 15 is 0 Å². The molecule has 0 aliphatic carbocycles. The van der Waals surface area contributed by atoms with Gasteiger partial charge in [-0.25, -0.2) is 13.8 Å². The van der Waals surface area contributed by atoms with Crippen molar-refractivity contribution in [1.29, 1.82) is 0 Å². The highest BCUT2D eigenvalue weighted by Gasteiger charge is 2.22. The summed E-state index contributed by atoms with van der Waals surface area (Å²) in [7, 11) is -3.85. The highest BCUT2D eigenvalue weighted by atomic mass is 32.2. The van der Waals surface area contributed by atoms with Crippen LogP contribution in [-0.4, -0.2) is 39.1 Å². The van der Waals surface area contributed by atoms with Gasteiger partial charge in [0.25, 0.3) is 5.91 Å². The van der Waals surface area contributed by atoms with Gasteiger partial charge in [-0.15, -0.1) is 0 Å². The van der Waals surface area contributed by atoms with Gasteiger partial charge in [-0.3, -0.25) is 9.59 Å². The van der Waals surface area contributed by atoms with Crippen molar-refractivity contribution in [2.75, 3.05) is 23.8 Å². The number of hydrogen-bond donors (Lipinski definition) is 3. The summed E-state index contributed by atoms with van der Waals surface area (Å²) in [6, 6.07) is 18.2. The van der Waals surface area contributed by atoms with Crippen LogP contribution in [0.1, 0.15) is 31.9 Å². The van der Waals surface area contributed by atoms with Crippen LogP contribution in [-0.2, 0) is 19.4 Å². The normalized spacial score (nSPS) is 11.5. The molecule has 0 atom stereocenters. The largest absolute Gasteiger partial charge is 0.494 e. The van der Waals surface area contributed by atoms with Gasteiger partial charge >= 0.3 is 0 Å². The van der Waals surface area contributed by atoms with E-state index < -0.39 is 15.7 Å². The minimum atomic E-state index is -3.85. The molecule has 0 saturated carbocycles. The highest BCUT2D eigenvalue weighted by Crippen LogP contribution is 2.29. The predicted molar refractivity (Wildman–Crippen MR) is 144 cm³/mol. The minimum Gasteiger partial charge on any atom is -0.494 e. The van der Waals surface area contributed by atoms with Crippen molar-refractivity contribution in [2.45, 2.75) is 37.5 Å². The summed E-state index contributed by atoms with van der Waals surface area (Å²) in [6.45, 7) is 7.08. The lowest BCUT2D eigenvalue weighted by molar-refractivity contribution is -0.119. The maximum atomic E-state index is 13.4. The lowest BCUT2D eigenvalue weighted by Crippen LogP contribution is -2.27. The molecule has 0 aliphatic rings. The van der Waals surface area contributed by atoms with Gasteiger partial charge in [0.05, 0.1) is 34.3 Å². The quantitative estimate of drug-likeness (QED) is 0.271. The number of carbonyl (C=O) groups excluding carboxylic acids is 2. The number of ether oxygens (including phenoxy) is 1. The zero-order valence-corrected chi connectivity index (χ0v) is 22.0. The summed E-state index contributed by atoms with van der Waals surface area (Å²) in [4.78, 5) is 23.9. The van der Waals surface area contributed by atoms with Crippen LogP contribution < -0.4 is 20.8 Å². The second kappa shape index (κ2) is 12.2. The van der Waals surface area contributed by atoms with E-state index in [9.17, 15) is 18.0 Å². The molecule has 3 aromatic carbocycles. The van der Waals surface area contributed by atoms with Gasteiger partial charge in [0, 0.05) is 12.6 Å². The van der Waals surface area contributed by atoms with E-state index in [2.05, 4.69) is 21.2 Å². The SMILES string of the molecule is CCOc1ccc(S(=O)(=O)c2cc(C)ccc2NCC(=O)N/N=C(/C)c2cccc(NC(C)=O)c2)cc1. The molecule has 0 aromatic heterocycles. The lowest BCUT2D eigenvalue weighted by Gasteiger charge is -2.14. The number of nitrogens with one attached hydrogen (secondary N) is 3.